The Morgan fingerprint density at radius 2 is 2.04 bits per heavy atom. The molecule has 0 spiro atoms. The number of benzene rings is 1. The first-order valence-electron chi connectivity index (χ1n) is 8.34. The first-order chi connectivity index (χ1) is 13.6. The SMILES string of the molecule is CCc1nn2c(=O)cc(CSc3nnc(NC(=O)c4ccccc4)s3)nc2s1. The highest BCUT2D eigenvalue weighted by Gasteiger charge is 2.12. The van der Waals surface area contributed by atoms with Crippen LogP contribution in [0, 0.1) is 0 Å². The van der Waals surface area contributed by atoms with Gasteiger partial charge in [0.1, 0.15) is 5.01 Å². The second kappa shape index (κ2) is 8.17. The molecule has 1 N–H and O–H groups in total. The van der Waals surface area contributed by atoms with Crippen molar-refractivity contribution in [2.45, 2.75) is 23.4 Å². The maximum atomic E-state index is 12.2. The van der Waals surface area contributed by atoms with Crippen LogP contribution in [0.5, 0.6) is 0 Å². The quantitative estimate of drug-likeness (QED) is 0.370. The lowest BCUT2D eigenvalue weighted by molar-refractivity contribution is 0.102. The highest BCUT2D eigenvalue weighted by Crippen LogP contribution is 2.28. The average Bonchev–Trinajstić information content (AvgIpc) is 3.34. The Morgan fingerprint density at radius 1 is 1.21 bits per heavy atom. The largest absolute Gasteiger partial charge is 0.296 e. The number of thioether (sulfide) groups is 1. The fraction of sp³-hybridized carbons (Fsp3) is 0.176. The fourth-order valence-corrected chi connectivity index (χ4v) is 4.82. The van der Waals surface area contributed by atoms with Crippen molar-refractivity contribution < 1.29 is 4.79 Å². The zero-order chi connectivity index (χ0) is 19.5. The van der Waals surface area contributed by atoms with Gasteiger partial charge in [-0.05, 0) is 18.6 Å². The van der Waals surface area contributed by atoms with E-state index in [4.69, 9.17) is 0 Å². The van der Waals surface area contributed by atoms with Crippen LogP contribution in [0.4, 0.5) is 5.13 Å². The molecule has 0 aliphatic heterocycles. The van der Waals surface area contributed by atoms with Gasteiger partial charge >= 0.3 is 0 Å². The minimum Gasteiger partial charge on any atom is -0.296 e. The highest BCUT2D eigenvalue weighted by atomic mass is 32.2. The molecule has 0 saturated carbocycles. The average molecular weight is 431 g/mol. The highest BCUT2D eigenvalue weighted by molar-refractivity contribution is 8.00. The predicted octanol–water partition coefficient (Wildman–Crippen LogP) is 3.11. The Hall–Kier alpha value is -2.63. The van der Waals surface area contributed by atoms with Crippen molar-refractivity contribution in [1.82, 2.24) is 24.8 Å². The van der Waals surface area contributed by atoms with Gasteiger partial charge in [0.2, 0.25) is 10.1 Å². The molecule has 0 radical (unpaired) electrons. The molecule has 0 aliphatic carbocycles. The zero-order valence-electron chi connectivity index (χ0n) is 14.7. The summed E-state index contributed by atoms with van der Waals surface area (Å²) in [7, 11) is 0. The van der Waals surface area contributed by atoms with Gasteiger partial charge in [0.15, 0.2) is 4.34 Å². The van der Waals surface area contributed by atoms with Crippen LogP contribution in [0.25, 0.3) is 4.96 Å². The van der Waals surface area contributed by atoms with Crippen LogP contribution in [0.15, 0.2) is 45.5 Å². The smallest absolute Gasteiger partial charge is 0.275 e. The molecule has 4 rings (SSSR count). The molecule has 8 nitrogen and oxygen atoms in total. The van der Waals surface area contributed by atoms with Crippen molar-refractivity contribution >= 4 is 50.4 Å². The third kappa shape index (κ3) is 4.11. The summed E-state index contributed by atoms with van der Waals surface area (Å²) in [5.41, 5.74) is 1.02. The van der Waals surface area contributed by atoms with E-state index in [1.54, 1.807) is 24.3 Å². The third-order valence-electron chi connectivity index (χ3n) is 3.65. The normalized spacial score (nSPS) is 11.0. The lowest BCUT2D eigenvalue weighted by Gasteiger charge is -1.99. The Kier molecular flexibility index (Phi) is 5.46. The monoisotopic (exact) mass is 430 g/mol. The summed E-state index contributed by atoms with van der Waals surface area (Å²) in [4.78, 5) is 29.4. The first kappa shape index (κ1) is 18.7. The van der Waals surface area contributed by atoms with E-state index in [9.17, 15) is 9.59 Å². The summed E-state index contributed by atoms with van der Waals surface area (Å²) in [6, 6.07) is 10.4. The lowest BCUT2D eigenvalue weighted by Crippen LogP contribution is -2.15. The van der Waals surface area contributed by atoms with Gasteiger partial charge in [-0.15, -0.1) is 10.2 Å². The second-order valence-corrected chi connectivity index (χ2v) is 8.85. The van der Waals surface area contributed by atoms with Crippen LogP contribution < -0.4 is 10.9 Å². The minimum absolute atomic E-state index is 0.190. The molecular weight excluding hydrogens is 416 g/mol. The Morgan fingerprint density at radius 3 is 2.82 bits per heavy atom. The molecule has 3 aromatic heterocycles. The van der Waals surface area contributed by atoms with Crippen LogP contribution in [0.2, 0.25) is 0 Å². The number of carbonyl (C=O) groups is 1. The standard InChI is InChI=1S/C17H14N6O2S3/c1-2-12-22-23-13(24)8-11(18-16(23)27-12)9-26-17-21-20-15(28-17)19-14(25)10-6-4-3-5-7-10/h3-8H,2,9H2,1H3,(H,19,20,25). The fourth-order valence-electron chi connectivity index (χ4n) is 2.33. The van der Waals surface area contributed by atoms with Crippen molar-refractivity contribution in [3.63, 3.8) is 0 Å². The molecular formula is C17H14N6O2S3. The molecule has 4 aromatic rings. The number of aryl methyl sites for hydroxylation is 1. The van der Waals surface area contributed by atoms with Crippen molar-refractivity contribution in [1.29, 1.82) is 0 Å². The molecule has 0 bridgehead atoms. The second-order valence-electron chi connectivity index (χ2n) is 5.61. The first-order valence-corrected chi connectivity index (χ1v) is 11.0. The molecule has 0 saturated heterocycles. The number of fused-ring (bicyclic) bond motifs is 1. The lowest BCUT2D eigenvalue weighted by atomic mass is 10.2. The summed E-state index contributed by atoms with van der Waals surface area (Å²) in [6.45, 7) is 1.99. The minimum atomic E-state index is -0.231. The van der Waals surface area contributed by atoms with Crippen LogP contribution in [0.3, 0.4) is 0 Å². The van der Waals surface area contributed by atoms with Crippen molar-refractivity contribution in [3.8, 4) is 0 Å². The van der Waals surface area contributed by atoms with Crippen LogP contribution >= 0.6 is 34.4 Å². The number of nitrogens with one attached hydrogen (secondary N) is 1. The van der Waals surface area contributed by atoms with Gasteiger partial charge in [-0.3, -0.25) is 14.9 Å². The van der Waals surface area contributed by atoms with Gasteiger partial charge < -0.3 is 0 Å². The van der Waals surface area contributed by atoms with E-state index in [2.05, 4.69) is 25.6 Å². The molecule has 0 fully saturated rings. The van der Waals surface area contributed by atoms with Crippen LogP contribution in [-0.4, -0.2) is 30.7 Å². The Balaban J connectivity index is 1.42. The van der Waals surface area contributed by atoms with Gasteiger partial charge in [-0.25, -0.2) is 4.98 Å². The summed E-state index contributed by atoms with van der Waals surface area (Å²) in [5, 5.41) is 16.3. The van der Waals surface area contributed by atoms with Crippen LogP contribution in [0.1, 0.15) is 28.0 Å². The number of rotatable bonds is 6. The van der Waals surface area contributed by atoms with Gasteiger partial charge in [-0.1, -0.05) is 59.6 Å². The number of anilines is 1. The predicted molar refractivity (Wildman–Crippen MR) is 110 cm³/mol. The van der Waals surface area contributed by atoms with Gasteiger partial charge in [0.05, 0.1) is 5.69 Å². The zero-order valence-corrected chi connectivity index (χ0v) is 17.1. The Labute approximate surface area is 171 Å². The molecule has 1 aromatic carbocycles. The van der Waals surface area contributed by atoms with Crippen molar-refractivity contribution in [3.05, 3.63) is 63.0 Å². The summed E-state index contributed by atoms with van der Waals surface area (Å²) in [6.07, 6.45) is 0.764. The number of carbonyl (C=O) groups excluding carboxylic acids is 1. The van der Waals surface area contributed by atoms with Crippen molar-refractivity contribution in [2.75, 3.05) is 5.32 Å². The number of nitrogens with zero attached hydrogens (tertiary/aromatic N) is 5. The van der Waals surface area contributed by atoms with Gasteiger partial charge in [0, 0.05) is 17.4 Å². The van der Waals surface area contributed by atoms with Gasteiger partial charge in [-0.2, -0.15) is 9.61 Å². The van der Waals surface area contributed by atoms with E-state index in [0.717, 1.165) is 11.4 Å². The van der Waals surface area contributed by atoms with E-state index in [0.29, 0.717) is 31.4 Å². The molecule has 0 atom stereocenters. The molecule has 1 amide bonds. The Bertz CT molecular complexity index is 1180. The molecule has 3 heterocycles. The van der Waals surface area contributed by atoms with Crippen molar-refractivity contribution in [2.24, 2.45) is 0 Å². The topological polar surface area (TPSA) is 102 Å². The van der Waals surface area contributed by atoms with E-state index in [1.807, 2.05) is 13.0 Å². The van der Waals surface area contributed by atoms with E-state index >= 15 is 0 Å². The molecule has 28 heavy (non-hydrogen) atoms. The number of hydrogen-bond donors (Lipinski definition) is 1. The van der Waals surface area contributed by atoms with Crippen LogP contribution in [-0.2, 0) is 12.2 Å². The summed E-state index contributed by atoms with van der Waals surface area (Å²) in [5.74, 6) is 0.247. The summed E-state index contributed by atoms with van der Waals surface area (Å²) >= 11 is 4.11. The number of hydrogen-bond acceptors (Lipinski definition) is 9. The summed E-state index contributed by atoms with van der Waals surface area (Å²) < 4.78 is 2.02. The van der Waals surface area contributed by atoms with E-state index in [-0.39, 0.29) is 11.5 Å². The maximum absolute atomic E-state index is 12.2. The molecule has 0 aliphatic rings. The number of amides is 1. The molecule has 0 unspecified atom stereocenters. The van der Waals surface area contributed by atoms with Gasteiger partial charge in [0.25, 0.3) is 11.5 Å². The van der Waals surface area contributed by atoms with E-state index < -0.39 is 0 Å². The molecule has 142 valence electrons. The maximum Gasteiger partial charge on any atom is 0.275 e. The number of aromatic nitrogens is 5. The third-order valence-corrected chi connectivity index (χ3v) is 6.71. The van der Waals surface area contributed by atoms with E-state index in [1.165, 1.54) is 45.0 Å². The molecule has 11 heteroatoms.